The molecule has 0 spiro atoms. The third-order valence-electron chi connectivity index (χ3n) is 4.99. The normalized spacial score (nSPS) is 14.9. The maximum absolute atomic E-state index is 12.4. The minimum absolute atomic E-state index is 0.210. The number of carbonyl (C=O) groups is 1. The van der Waals surface area contributed by atoms with Gasteiger partial charge in [0.2, 0.25) is 5.91 Å². The summed E-state index contributed by atoms with van der Waals surface area (Å²) in [5, 5.41) is 11.9. The molecule has 1 fully saturated rings. The average molecular weight is 378 g/mol. The topological polar surface area (TPSA) is 46.1 Å². The van der Waals surface area contributed by atoms with Crippen molar-refractivity contribution in [2.24, 2.45) is 0 Å². The van der Waals surface area contributed by atoms with Crippen molar-refractivity contribution in [2.45, 2.75) is 30.7 Å². The number of carbonyl (C=O) groups excluding carboxylic acids is 1. The highest BCUT2D eigenvalue weighted by molar-refractivity contribution is 7.99. The zero-order chi connectivity index (χ0) is 18.5. The molecule has 2 heterocycles. The van der Waals surface area contributed by atoms with Gasteiger partial charge in [0.15, 0.2) is 0 Å². The van der Waals surface area contributed by atoms with E-state index < -0.39 is 0 Å². The zero-order valence-electron chi connectivity index (χ0n) is 15.3. The minimum atomic E-state index is 0.210. The Balaban J connectivity index is 1.40. The highest BCUT2D eigenvalue weighted by Crippen LogP contribution is 2.24. The molecule has 0 N–H and O–H groups in total. The zero-order valence-corrected chi connectivity index (χ0v) is 16.1. The van der Waals surface area contributed by atoms with Gasteiger partial charge in [-0.2, -0.15) is 0 Å². The summed E-state index contributed by atoms with van der Waals surface area (Å²) in [5.74, 6) is 0.645. The van der Waals surface area contributed by atoms with Gasteiger partial charge in [-0.05, 0) is 41.8 Å². The van der Waals surface area contributed by atoms with Crippen LogP contribution in [0.3, 0.4) is 0 Å². The number of likely N-dealkylation sites (tertiary alicyclic amines) is 1. The first-order chi connectivity index (χ1) is 13.3. The summed E-state index contributed by atoms with van der Waals surface area (Å²) in [6.45, 7) is 1.79. The number of thioether (sulfide) groups is 1. The smallest absolute Gasteiger partial charge is 0.232 e. The molecular weight excluding hydrogens is 354 g/mol. The summed E-state index contributed by atoms with van der Waals surface area (Å²) < 4.78 is 0. The van der Waals surface area contributed by atoms with E-state index in [0.717, 1.165) is 42.2 Å². The van der Waals surface area contributed by atoms with Gasteiger partial charge in [0.05, 0.1) is 11.4 Å². The molecule has 1 saturated heterocycles. The lowest BCUT2D eigenvalue weighted by Gasteiger charge is -2.19. The van der Waals surface area contributed by atoms with E-state index in [0.29, 0.717) is 5.75 Å². The second-order valence-electron chi connectivity index (χ2n) is 6.90. The average Bonchev–Trinajstić information content (AvgIpc) is 3.02. The van der Waals surface area contributed by atoms with Crippen LogP contribution in [0.4, 0.5) is 0 Å². The molecule has 4 nitrogen and oxygen atoms in total. The molecule has 0 radical (unpaired) electrons. The summed E-state index contributed by atoms with van der Waals surface area (Å²) in [6.07, 6.45) is 4.71. The van der Waals surface area contributed by atoms with Gasteiger partial charge < -0.3 is 4.90 Å². The maximum Gasteiger partial charge on any atom is 0.232 e. The SMILES string of the molecule is O=C(CSc1ccc(-c2ccc3ccccc3c2)nn1)N1CCCCCC1. The lowest BCUT2D eigenvalue weighted by Crippen LogP contribution is -2.33. The second-order valence-corrected chi connectivity index (χ2v) is 7.90. The molecule has 0 bridgehead atoms. The van der Waals surface area contributed by atoms with Crippen molar-refractivity contribution < 1.29 is 4.79 Å². The number of hydrogen-bond donors (Lipinski definition) is 0. The monoisotopic (exact) mass is 377 g/mol. The number of hydrogen-bond acceptors (Lipinski definition) is 4. The summed E-state index contributed by atoms with van der Waals surface area (Å²) in [4.78, 5) is 14.4. The van der Waals surface area contributed by atoms with E-state index >= 15 is 0 Å². The van der Waals surface area contributed by atoms with Gasteiger partial charge >= 0.3 is 0 Å². The van der Waals surface area contributed by atoms with Gasteiger partial charge in [-0.15, -0.1) is 10.2 Å². The second kappa shape index (κ2) is 8.53. The number of nitrogens with zero attached hydrogens (tertiary/aromatic N) is 3. The maximum atomic E-state index is 12.4. The van der Waals surface area contributed by atoms with E-state index in [1.807, 2.05) is 29.2 Å². The quantitative estimate of drug-likeness (QED) is 0.613. The fraction of sp³-hybridized carbons (Fsp3) is 0.318. The summed E-state index contributed by atoms with van der Waals surface area (Å²) in [7, 11) is 0. The first-order valence-electron chi connectivity index (χ1n) is 9.53. The van der Waals surface area contributed by atoms with E-state index in [1.165, 1.54) is 35.4 Å². The van der Waals surface area contributed by atoms with Crippen molar-refractivity contribution in [3.8, 4) is 11.3 Å². The van der Waals surface area contributed by atoms with Crippen molar-refractivity contribution in [1.29, 1.82) is 0 Å². The Hall–Kier alpha value is -2.40. The standard InChI is InChI=1S/C22H23N3OS/c26-22(25-13-5-1-2-6-14-25)16-27-21-12-11-20(23-24-21)19-10-9-17-7-3-4-8-18(17)15-19/h3-4,7-12,15H,1-2,5-6,13-14,16H2. The van der Waals surface area contributed by atoms with Crippen molar-refractivity contribution >= 4 is 28.4 Å². The van der Waals surface area contributed by atoms with Crippen molar-refractivity contribution in [1.82, 2.24) is 15.1 Å². The molecule has 1 aliphatic heterocycles. The van der Waals surface area contributed by atoms with Gasteiger partial charge in [-0.1, -0.05) is 61.0 Å². The van der Waals surface area contributed by atoms with Crippen molar-refractivity contribution in [3.63, 3.8) is 0 Å². The van der Waals surface area contributed by atoms with Gasteiger partial charge in [0, 0.05) is 18.7 Å². The summed E-state index contributed by atoms with van der Waals surface area (Å²) in [5.41, 5.74) is 1.90. The van der Waals surface area contributed by atoms with Gasteiger partial charge in [0.25, 0.3) is 0 Å². The molecule has 1 aliphatic rings. The van der Waals surface area contributed by atoms with Crippen LogP contribution in [0.15, 0.2) is 59.6 Å². The van der Waals surface area contributed by atoms with E-state index in [9.17, 15) is 4.79 Å². The van der Waals surface area contributed by atoms with Crippen LogP contribution in [0, 0.1) is 0 Å². The number of rotatable bonds is 4. The van der Waals surface area contributed by atoms with Crippen LogP contribution >= 0.6 is 11.8 Å². The Morgan fingerprint density at radius 3 is 2.41 bits per heavy atom. The Bertz CT molecular complexity index is 918. The molecule has 138 valence electrons. The molecule has 1 aromatic heterocycles. The number of benzene rings is 2. The van der Waals surface area contributed by atoms with Gasteiger partial charge in [-0.3, -0.25) is 4.79 Å². The molecular formula is C22H23N3OS. The minimum Gasteiger partial charge on any atom is -0.342 e. The number of amides is 1. The Morgan fingerprint density at radius 1 is 0.889 bits per heavy atom. The molecule has 0 unspecified atom stereocenters. The largest absolute Gasteiger partial charge is 0.342 e. The first-order valence-corrected chi connectivity index (χ1v) is 10.5. The van der Waals surface area contributed by atoms with Crippen molar-refractivity contribution in [3.05, 3.63) is 54.6 Å². The Kier molecular flexibility index (Phi) is 5.68. The molecule has 0 saturated carbocycles. The Morgan fingerprint density at radius 2 is 1.67 bits per heavy atom. The van der Waals surface area contributed by atoms with Crippen LogP contribution in [0.1, 0.15) is 25.7 Å². The summed E-state index contributed by atoms with van der Waals surface area (Å²) in [6, 6.07) is 18.5. The van der Waals surface area contributed by atoms with E-state index in [4.69, 9.17) is 0 Å². The van der Waals surface area contributed by atoms with Crippen LogP contribution < -0.4 is 0 Å². The fourth-order valence-electron chi connectivity index (χ4n) is 3.45. The van der Waals surface area contributed by atoms with Gasteiger partial charge in [-0.25, -0.2) is 0 Å². The molecule has 0 aliphatic carbocycles. The Labute approximate surface area is 164 Å². The summed E-state index contributed by atoms with van der Waals surface area (Å²) >= 11 is 1.47. The number of fused-ring (bicyclic) bond motifs is 1. The molecule has 27 heavy (non-hydrogen) atoms. The van der Waals surface area contributed by atoms with Crippen LogP contribution in [-0.2, 0) is 4.79 Å². The predicted molar refractivity (Wildman–Crippen MR) is 111 cm³/mol. The predicted octanol–water partition coefficient (Wildman–Crippen LogP) is 4.79. The molecule has 3 aromatic rings. The van der Waals surface area contributed by atoms with Crippen molar-refractivity contribution in [2.75, 3.05) is 18.8 Å². The molecule has 5 heteroatoms. The third kappa shape index (κ3) is 4.48. The van der Waals surface area contributed by atoms with E-state index in [2.05, 4.69) is 40.5 Å². The highest BCUT2D eigenvalue weighted by atomic mass is 32.2. The molecule has 0 atom stereocenters. The molecule has 4 rings (SSSR count). The van der Waals surface area contributed by atoms with E-state index in [1.54, 1.807) is 0 Å². The highest BCUT2D eigenvalue weighted by Gasteiger charge is 2.16. The van der Waals surface area contributed by atoms with Crippen LogP contribution in [0.2, 0.25) is 0 Å². The lowest BCUT2D eigenvalue weighted by atomic mass is 10.1. The van der Waals surface area contributed by atoms with Crippen LogP contribution in [-0.4, -0.2) is 39.8 Å². The lowest BCUT2D eigenvalue weighted by molar-refractivity contribution is -0.128. The van der Waals surface area contributed by atoms with E-state index in [-0.39, 0.29) is 5.91 Å². The van der Waals surface area contributed by atoms with Crippen LogP contribution in [0.5, 0.6) is 0 Å². The first kappa shape index (κ1) is 18.0. The molecule has 2 aromatic carbocycles. The molecule has 1 amide bonds. The fourth-order valence-corrected chi connectivity index (χ4v) is 4.16. The third-order valence-corrected chi connectivity index (χ3v) is 5.89. The number of aromatic nitrogens is 2. The van der Waals surface area contributed by atoms with Crippen LogP contribution in [0.25, 0.3) is 22.0 Å². The van der Waals surface area contributed by atoms with Gasteiger partial charge in [0.1, 0.15) is 5.03 Å².